The van der Waals surface area contributed by atoms with Crippen molar-refractivity contribution in [2.75, 3.05) is 24.7 Å². The maximum absolute atomic E-state index is 14.9. The summed E-state index contributed by atoms with van der Waals surface area (Å²) in [6.07, 6.45) is 2.28. The highest BCUT2D eigenvalue weighted by Gasteiger charge is 2.61. The van der Waals surface area contributed by atoms with Crippen molar-refractivity contribution in [2.45, 2.75) is 56.5 Å². The molecule has 3 aliphatic heterocycles. The second-order valence-electron chi connectivity index (χ2n) is 10.5. The highest BCUT2D eigenvalue weighted by molar-refractivity contribution is 5.81. The van der Waals surface area contributed by atoms with Gasteiger partial charge in [-0.3, -0.25) is 10.1 Å². The topological polar surface area (TPSA) is 117 Å². The molecule has 2 atom stereocenters. The van der Waals surface area contributed by atoms with Crippen molar-refractivity contribution in [3.8, 4) is 11.6 Å². The number of ether oxygens (including phenoxy) is 2. The fourth-order valence-electron chi connectivity index (χ4n) is 5.69. The van der Waals surface area contributed by atoms with Crippen LogP contribution in [0.1, 0.15) is 49.1 Å². The molecule has 4 bridgehead atoms. The molecule has 13 heteroatoms. The van der Waals surface area contributed by atoms with Crippen LogP contribution in [0.15, 0.2) is 59.0 Å². The molecule has 220 valence electrons. The molecule has 2 aromatic heterocycles. The maximum Gasteiger partial charge on any atom is 0.426 e. The molecule has 1 saturated heterocycles. The van der Waals surface area contributed by atoms with Gasteiger partial charge in [0.05, 0.1) is 24.7 Å². The molecule has 10 nitrogen and oxygen atoms in total. The normalized spacial score (nSPS) is 22.5. The van der Waals surface area contributed by atoms with Gasteiger partial charge in [0, 0.05) is 24.2 Å². The molecule has 3 aliphatic rings. The fraction of sp³-hybridized carbons (Fsp3) is 0.414. The van der Waals surface area contributed by atoms with E-state index in [0.717, 1.165) is 18.4 Å². The second kappa shape index (κ2) is 11.3. The van der Waals surface area contributed by atoms with Gasteiger partial charge in [-0.25, -0.2) is 4.98 Å². The zero-order valence-corrected chi connectivity index (χ0v) is 22.5. The Labute approximate surface area is 239 Å². The van der Waals surface area contributed by atoms with E-state index in [1.807, 2.05) is 12.2 Å². The number of anilines is 1. The number of rotatable bonds is 5. The highest BCUT2D eigenvalue weighted by Crippen LogP contribution is 2.47. The van der Waals surface area contributed by atoms with Crippen LogP contribution in [0.5, 0.6) is 0 Å². The smallest absolute Gasteiger partial charge is 0.415 e. The summed E-state index contributed by atoms with van der Waals surface area (Å²) >= 11 is 0. The Morgan fingerprint density at radius 3 is 2.76 bits per heavy atom. The molecule has 0 saturated carbocycles. The minimum absolute atomic E-state index is 0.00705. The van der Waals surface area contributed by atoms with Gasteiger partial charge in [0.15, 0.2) is 0 Å². The van der Waals surface area contributed by atoms with Crippen LogP contribution in [0.3, 0.4) is 0 Å². The predicted molar refractivity (Wildman–Crippen MR) is 145 cm³/mol. The van der Waals surface area contributed by atoms with Gasteiger partial charge in [0.25, 0.3) is 11.8 Å². The van der Waals surface area contributed by atoms with Crippen molar-refractivity contribution < 1.29 is 32.0 Å². The van der Waals surface area contributed by atoms with Crippen molar-refractivity contribution >= 4 is 17.1 Å². The first kappa shape index (κ1) is 28.0. The Balaban J connectivity index is 1.52. The van der Waals surface area contributed by atoms with Crippen LogP contribution in [0, 0.1) is 10.1 Å². The molecule has 1 fully saturated rings. The number of allylic oxidation sites excluding steroid dienone is 1. The number of alkyl halides is 3. The minimum atomic E-state index is -4.94. The summed E-state index contributed by atoms with van der Waals surface area (Å²) in [5.41, 5.74) is -1.88. The summed E-state index contributed by atoms with van der Waals surface area (Å²) in [5.74, 6) is -0.844. The average molecular weight is 584 g/mol. The van der Waals surface area contributed by atoms with E-state index in [4.69, 9.17) is 13.9 Å². The number of aromatic nitrogens is 3. The van der Waals surface area contributed by atoms with Crippen LogP contribution in [0.4, 0.5) is 24.7 Å². The number of nitro groups is 1. The third-order valence-corrected chi connectivity index (χ3v) is 7.88. The maximum atomic E-state index is 14.9. The molecule has 0 radical (unpaired) electrons. The van der Waals surface area contributed by atoms with E-state index in [0.29, 0.717) is 36.5 Å². The lowest BCUT2D eigenvalue weighted by atomic mass is 9.95. The lowest BCUT2D eigenvalue weighted by molar-refractivity contribution is -0.384. The second-order valence-corrected chi connectivity index (χ2v) is 10.5. The molecular weight excluding hydrogens is 555 g/mol. The van der Waals surface area contributed by atoms with Gasteiger partial charge in [0.2, 0.25) is 11.3 Å². The van der Waals surface area contributed by atoms with E-state index in [9.17, 15) is 23.3 Å². The first-order valence-electron chi connectivity index (χ1n) is 13.7. The zero-order valence-electron chi connectivity index (χ0n) is 22.5. The Hall–Kier alpha value is -4.10. The summed E-state index contributed by atoms with van der Waals surface area (Å²) < 4.78 is 61.6. The number of benzene rings is 1. The van der Waals surface area contributed by atoms with Crippen molar-refractivity contribution in [1.29, 1.82) is 0 Å². The molecule has 0 aliphatic carbocycles. The van der Waals surface area contributed by atoms with Gasteiger partial charge in [-0.1, -0.05) is 48.6 Å². The summed E-state index contributed by atoms with van der Waals surface area (Å²) in [6, 6.07) is 9.84. The quantitative estimate of drug-likeness (QED) is 0.198. The molecule has 1 unspecified atom stereocenters. The Morgan fingerprint density at radius 2 is 2.02 bits per heavy atom. The number of hydrogen-bond donors (Lipinski definition) is 0. The van der Waals surface area contributed by atoms with Crippen LogP contribution in [0.2, 0.25) is 0 Å². The predicted octanol–water partition coefficient (Wildman–Crippen LogP) is 6.14. The van der Waals surface area contributed by atoms with Crippen LogP contribution in [-0.2, 0) is 21.7 Å². The van der Waals surface area contributed by atoms with E-state index in [2.05, 4.69) is 20.1 Å². The SMILES string of the molecule is O=[N+]([O-])c1cc(C2=CCOC2)c2nc1-c1nnc(o1)C(OCc1ccccc1)(C(F)(F)F)CCC=CC[C@@H]1CCCN21. The van der Waals surface area contributed by atoms with E-state index in [-0.39, 0.29) is 31.4 Å². The first-order valence-corrected chi connectivity index (χ1v) is 13.7. The van der Waals surface area contributed by atoms with Crippen LogP contribution >= 0.6 is 0 Å². The lowest BCUT2D eigenvalue weighted by Gasteiger charge is -2.32. The molecule has 42 heavy (non-hydrogen) atoms. The van der Waals surface area contributed by atoms with Gasteiger partial charge >= 0.3 is 11.9 Å². The number of hydrogen-bond acceptors (Lipinski definition) is 9. The minimum Gasteiger partial charge on any atom is -0.415 e. The molecule has 5 heterocycles. The summed E-state index contributed by atoms with van der Waals surface area (Å²) in [7, 11) is 0. The Bertz CT molecular complexity index is 1520. The van der Waals surface area contributed by atoms with Crippen LogP contribution < -0.4 is 4.90 Å². The van der Waals surface area contributed by atoms with Gasteiger partial charge in [0.1, 0.15) is 5.82 Å². The molecule has 0 amide bonds. The molecule has 6 rings (SSSR count). The van der Waals surface area contributed by atoms with E-state index < -0.39 is 40.6 Å². The molecule has 1 aromatic carbocycles. The van der Waals surface area contributed by atoms with Crippen molar-refractivity contribution in [2.24, 2.45) is 0 Å². The summed E-state index contributed by atoms with van der Waals surface area (Å²) in [4.78, 5) is 18.4. The standard InChI is InChI=1S/C29H28F3N5O5/c30-29(31,32)28(41-17-19-8-3-1-4-9-19)13-6-2-5-10-21-11-7-14-36(21)25-22(20-12-15-40-18-20)16-23(37(38)39)24(33-25)26-34-35-27(28)42-26/h1-5,8-9,12,16,21H,6-7,10-11,13-15,17-18H2/t21-,28?/m1/s1. The van der Waals surface area contributed by atoms with Crippen molar-refractivity contribution in [3.63, 3.8) is 0 Å². The summed E-state index contributed by atoms with van der Waals surface area (Å²) in [5, 5.41) is 19.9. The number of nitrogens with zero attached hydrogens (tertiary/aromatic N) is 5. The number of fused-ring (bicyclic) bond motifs is 7. The van der Waals surface area contributed by atoms with Crippen LogP contribution in [-0.4, -0.2) is 52.1 Å². The van der Waals surface area contributed by atoms with Crippen molar-refractivity contribution in [3.05, 3.63) is 81.8 Å². The van der Waals surface area contributed by atoms with Crippen LogP contribution in [0.25, 0.3) is 17.2 Å². The largest absolute Gasteiger partial charge is 0.426 e. The molecule has 0 spiro atoms. The van der Waals surface area contributed by atoms with E-state index in [1.54, 1.807) is 36.4 Å². The Kier molecular flexibility index (Phi) is 7.54. The molecule has 0 N–H and O–H groups in total. The molecular formula is C29H28F3N5O5. The fourth-order valence-corrected chi connectivity index (χ4v) is 5.69. The summed E-state index contributed by atoms with van der Waals surface area (Å²) in [6.45, 7) is 0.934. The first-order chi connectivity index (χ1) is 20.3. The van der Waals surface area contributed by atoms with Gasteiger partial charge < -0.3 is 18.8 Å². The van der Waals surface area contributed by atoms with E-state index in [1.165, 1.54) is 6.07 Å². The monoisotopic (exact) mass is 583 g/mol. The number of halogens is 3. The van der Waals surface area contributed by atoms with E-state index >= 15 is 0 Å². The van der Waals surface area contributed by atoms with Gasteiger partial charge in [-0.2, -0.15) is 13.2 Å². The van der Waals surface area contributed by atoms with Crippen molar-refractivity contribution in [1.82, 2.24) is 15.2 Å². The zero-order chi connectivity index (χ0) is 29.3. The molecule has 3 aromatic rings. The average Bonchev–Trinajstić information content (AvgIpc) is 3.76. The van der Waals surface area contributed by atoms with Gasteiger partial charge in [-0.15, -0.1) is 10.2 Å². The van der Waals surface area contributed by atoms with Gasteiger partial charge in [-0.05, 0) is 43.2 Å². The number of pyridine rings is 1. The Morgan fingerprint density at radius 1 is 1.19 bits per heavy atom. The highest BCUT2D eigenvalue weighted by atomic mass is 19.4. The third kappa shape index (κ3) is 5.18. The third-order valence-electron chi connectivity index (χ3n) is 7.88. The lowest BCUT2D eigenvalue weighted by Crippen LogP contribution is -2.45.